The summed E-state index contributed by atoms with van der Waals surface area (Å²) < 4.78 is 37.1. The maximum absolute atomic E-state index is 12.4. The van der Waals surface area contributed by atoms with Gasteiger partial charge in [-0.25, -0.2) is 0 Å². The van der Waals surface area contributed by atoms with Gasteiger partial charge in [0.25, 0.3) is 0 Å². The van der Waals surface area contributed by atoms with E-state index in [9.17, 15) is 18.0 Å². The molecule has 0 radical (unpaired) electrons. The normalized spacial score (nSPS) is 11.6. The van der Waals surface area contributed by atoms with Crippen molar-refractivity contribution in [3.05, 3.63) is 23.8 Å². The third kappa shape index (κ3) is 5.04. The van der Waals surface area contributed by atoms with Crippen LogP contribution in [0.15, 0.2) is 28.0 Å². The molecule has 1 aromatic rings. The van der Waals surface area contributed by atoms with Crippen molar-refractivity contribution >= 4 is 29.3 Å². The average molecular weight is 280 g/mol. The van der Waals surface area contributed by atoms with Gasteiger partial charge in [0.05, 0.1) is 0 Å². The van der Waals surface area contributed by atoms with Gasteiger partial charge in [0.1, 0.15) is 5.78 Å². The highest BCUT2D eigenvalue weighted by molar-refractivity contribution is 8.00. The third-order valence-corrected chi connectivity index (χ3v) is 3.50. The fourth-order valence-electron chi connectivity index (χ4n) is 1.30. The number of carbonyl (C=O) groups excluding carboxylic acids is 1. The summed E-state index contributed by atoms with van der Waals surface area (Å²) in [5.41, 5.74) is -3.90. The second-order valence-electron chi connectivity index (χ2n) is 3.40. The molecule has 17 heavy (non-hydrogen) atoms. The molecule has 0 atom stereocenters. The molecular formula is C11H11F3OS2. The lowest BCUT2D eigenvalue weighted by Gasteiger charge is -2.11. The first kappa shape index (κ1) is 14.4. The van der Waals surface area contributed by atoms with Gasteiger partial charge in [-0.3, -0.25) is 4.79 Å². The van der Waals surface area contributed by atoms with Gasteiger partial charge < -0.3 is 0 Å². The van der Waals surface area contributed by atoms with E-state index in [1.807, 2.05) is 0 Å². The van der Waals surface area contributed by atoms with Crippen LogP contribution in [0.1, 0.15) is 12.5 Å². The summed E-state index contributed by atoms with van der Waals surface area (Å²) in [4.78, 5) is 11.9. The molecule has 0 unspecified atom stereocenters. The quantitative estimate of drug-likeness (QED) is 0.771. The molecule has 0 spiro atoms. The Morgan fingerprint density at radius 3 is 2.47 bits per heavy atom. The van der Waals surface area contributed by atoms with Gasteiger partial charge in [0, 0.05) is 16.2 Å². The Morgan fingerprint density at radius 1 is 1.35 bits per heavy atom. The Morgan fingerprint density at radius 2 is 2.00 bits per heavy atom. The van der Waals surface area contributed by atoms with Crippen molar-refractivity contribution in [2.45, 2.75) is 28.6 Å². The van der Waals surface area contributed by atoms with Crippen molar-refractivity contribution in [1.82, 2.24) is 0 Å². The molecule has 0 heterocycles. The van der Waals surface area contributed by atoms with Gasteiger partial charge >= 0.3 is 5.51 Å². The lowest BCUT2D eigenvalue weighted by atomic mass is 10.1. The lowest BCUT2D eigenvalue weighted by Crippen LogP contribution is -2.04. The van der Waals surface area contributed by atoms with Gasteiger partial charge in [0.2, 0.25) is 0 Å². The molecule has 0 aliphatic heterocycles. The Labute approximate surface area is 106 Å². The minimum Gasteiger partial charge on any atom is -0.300 e. The van der Waals surface area contributed by atoms with Gasteiger partial charge in [-0.15, -0.1) is 11.8 Å². The van der Waals surface area contributed by atoms with E-state index in [1.54, 1.807) is 18.4 Å². The van der Waals surface area contributed by atoms with Crippen LogP contribution < -0.4 is 0 Å². The molecule has 0 N–H and O–H groups in total. The summed E-state index contributed by atoms with van der Waals surface area (Å²) in [6.45, 7) is 1.37. The summed E-state index contributed by atoms with van der Waals surface area (Å²) in [6.07, 6.45) is 1.83. The first-order chi connectivity index (χ1) is 7.81. The smallest absolute Gasteiger partial charge is 0.300 e. The molecule has 0 aliphatic carbocycles. The molecule has 0 amide bonds. The molecule has 0 fully saturated rings. The van der Waals surface area contributed by atoms with Crippen LogP contribution in [-0.2, 0) is 11.2 Å². The topological polar surface area (TPSA) is 17.1 Å². The molecule has 0 saturated carbocycles. The van der Waals surface area contributed by atoms with Crippen molar-refractivity contribution in [3.63, 3.8) is 0 Å². The van der Waals surface area contributed by atoms with Crippen molar-refractivity contribution in [3.8, 4) is 0 Å². The Bertz CT molecular complexity index is 416. The number of thioether (sulfide) groups is 2. The minimum atomic E-state index is -4.33. The average Bonchev–Trinajstić information content (AvgIpc) is 2.17. The molecule has 0 aliphatic rings. The van der Waals surface area contributed by atoms with E-state index in [2.05, 4.69) is 0 Å². The van der Waals surface area contributed by atoms with E-state index >= 15 is 0 Å². The van der Waals surface area contributed by atoms with Crippen molar-refractivity contribution in [2.24, 2.45) is 0 Å². The van der Waals surface area contributed by atoms with Crippen molar-refractivity contribution in [1.29, 1.82) is 0 Å². The van der Waals surface area contributed by atoms with Crippen LogP contribution in [0.4, 0.5) is 13.2 Å². The number of rotatable bonds is 4. The predicted molar refractivity (Wildman–Crippen MR) is 64.5 cm³/mol. The number of benzene rings is 1. The summed E-state index contributed by atoms with van der Waals surface area (Å²) >= 11 is 1.20. The van der Waals surface area contributed by atoms with E-state index in [0.29, 0.717) is 5.56 Å². The fraction of sp³-hybridized carbons (Fsp3) is 0.364. The summed E-state index contributed by atoms with van der Waals surface area (Å²) in [7, 11) is 0. The van der Waals surface area contributed by atoms with E-state index in [0.717, 1.165) is 4.90 Å². The van der Waals surface area contributed by atoms with Gasteiger partial charge in [-0.1, -0.05) is 6.07 Å². The number of alkyl halides is 3. The van der Waals surface area contributed by atoms with Crippen molar-refractivity contribution in [2.75, 3.05) is 6.26 Å². The Kier molecular flexibility index (Phi) is 4.94. The minimum absolute atomic E-state index is 0.0348. The second kappa shape index (κ2) is 5.82. The third-order valence-electron chi connectivity index (χ3n) is 1.94. The SMILES string of the molecule is CSc1ccc(CC(C)=O)c(SC(F)(F)F)c1. The molecule has 0 aromatic heterocycles. The lowest BCUT2D eigenvalue weighted by molar-refractivity contribution is -0.116. The fourth-order valence-corrected chi connectivity index (χ4v) is 2.52. The number of Topliss-reactive ketones (excluding diaryl/α,β-unsaturated/α-hetero) is 1. The van der Waals surface area contributed by atoms with Crippen LogP contribution in [0, 0.1) is 0 Å². The van der Waals surface area contributed by atoms with Gasteiger partial charge in [0.15, 0.2) is 0 Å². The number of halogens is 3. The van der Waals surface area contributed by atoms with Gasteiger partial charge in [-0.2, -0.15) is 13.2 Å². The molecule has 0 bridgehead atoms. The number of hydrogen-bond acceptors (Lipinski definition) is 3. The molecule has 1 aromatic carbocycles. The first-order valence-corrected chi connectivity index (χ1v) is 6.78. The monoisotopic (exact) mass is 280 g/mol. The Balaban J connectivity index is 3.07. The van der Waals surface area contributed by atoms with Crippen LogP contribution in [0.5, 0.6) is 0 Å². The maximum atomic E-state index is 12.4. The van der Waals surface area contributed by atoms with Crippen LogP contribution in [0.3, 0.4) is 0 Å². The standard InChI is InChI=1S/C11H11F3OS2/c1-7(15)5-8-3-4-9(16-2)6-10(8)17-11(12,13)14/h3-4,6H,5H2,1-2H3. The van der Waals surface area contributed by atoms with E-state index in [-0.39, 0.29) is 28.9 Å². The van der Waals surface area contributed by atoms with E-state index in [1.165, 1.54) is 24.8 Å². The summed E-state index contributed by atoms with van der Waals surface area (Å²) in [6, 6.07) is 4.78. The van der Waals surface area contributed by atoms with E-state index in [4.69, 9.17) is 0 Å². The molecule has 94 valence electrons. The summed E-state index contributed by atoms with van der Waals surface area (Å²) in [5.74, 6) is -0.147. The number of hydrogen-bond donors (Lipinski definition) is 0. The molecule has 0 saturated heterocycles. The molecular weight excluding hydrogens is 269 g/mol. The van der Waals surface area contributed by atoms with Crippen LogP contribution >= 0.6 is 23.5 Å². The molecule has 1 nitrogen and oxygen atoms in total. The van der Waals surface area contributed by atoms with E-state index < -0.39 is 5.51 Å². The largest absolute Gasteiger partial charge is 0.446 e. The van der Waals surface area contributed by atoms with Crippen LogP contribution in [-0.4, -0.2) is 17.5 Å². The first-order valence-electron chi connectivity index (χ1n) is 4.74. The molecule has 6 heteroatoms. The predicted octanol–water partition coefficient (Wildman–Crippen LogP) is 4.15. The van der Waals surface area contributed by atoms with Crippen molar-refractivity contribution < 1.29 is 18.0 Å². The maximum Gasteiger partial charge on any atom is 0.446 e. The highest BCUT2D eigenvalue weighted by Crippen LogP contribution is 2.40. The zero-order valence-electron chi connectivity index (χ0n) is 9.30. The Hall–Kier alpha value is -0.620. The van der Waals surface area contributed by atoms with Gasteiger partial charge in [-0.05, 0) is 42.6 Å². The highest BCUT2D eigenvalue weighted by Gasteiger charge is 2.30. The zero-order chi connectivity index (χ0) is 13.1. The highest BCUT2D eigenvalue weighted by atomic mass is 32.2. The second-order valence-corrected chi connectivity index (χ2v) is 5.39. The van der Waals surface area contributed by atoms with Crippen LogP contribution in [0.25, 0.3) is 0 Å². The van der Waals surface area contributed by atoms with Crippen LogP contribution in [0.2, 0.25) is 0 Å². The zero-order valence-corrected chi connectivity index (χ0v) is 10.9. The summed E-state index contributed by atoms with van der Waals surface area (Å²) in [5, 5.41) is 0. The number of ketones is 1. The number of carbonyl (C=O) groups is 1. The molecule has 1 rings (SSSR count).